The van der Waals surface area contributed by atoms with Gasteiger partial charge in [-0.1, -0.05) is 0 Å². The Morgan fingerprint density at radius 3 is 2.23 bits per heavy atom. The summed E-state index contributed by atoms with van der Waals surface area (Å²) < 4.78 is 10.5. The Labute approximate surface area is 79.5 Å². The van der Waals surface area contributed by atoms with E-state index in [1.807, 2.05) is 20.8 Å². The third-order valence-electron chi connectivity index (χ3n) is 1.35. The Hall–Kier alpha value is -0.160. The van der Waals surface area contributed by atoms with Gasteiger partial charge >= 0.3 is 0 Å². The summed E-state index contributed by atoms with van der Waals surface area (Å²) in [5.74, 6) is 0. The maximum absolute atomic E-state index is 8.86. The fraction of sp³-hybridized carbons (Fsp3) is 1.00. The normalized spacial score (nSPS) is 14.5. The minimum absolute atomic E-state index is 0.0357. The van der Waals surface area contributed by atoms with E-state index in [1.165, 1.54) is 0 Å². The summed E-state index contributed by atoms with van der Waals surface area (Å²) in [5, 5.41) is 17.4. The highest BCUT2D eigenvalue weighted by molar-refractivity contribution is 4.62. The minimum atomic E-state index is -0.341. The second-order valence-electron chi connectivity index (χ2n) is 3.82. The Kier molecular flexibility index (Phi) is 6.24. The van der Waals surface area contributed by atoms with Crippen molar-refractivity contribution in [3.05, 3.63) is 0 Å². The summed E-state index contributed by atoms with van der Waals surface area (Å²) in [6.07, 6.45) is -0.341. The molecule has 0 aliphatic rings. The van der Waals surface area contributed by atoms with E-state index in [-0.39, 0.29) is 31.5 Å². The minimum Gasteiger partial charge on any atom is -0.394 e. The number of rotatable bonds is 6. The molecule has 0 heterocycles. The van der Waals surface area contributed by atoms with Crippen LogP contribution in [0.25, 0.3) is 0 Å². The molecular formula is C9H20O4. The molecule has 4 heteroatoms. The quantitative estimate of drug-likeness (QED) is 0.630. The van der Waals surface area contributed by atoms with Crippen LogP contribution < -0.4 is 0 Å². The Morgan fingerprint density at radius 1 is 1.23 bits per heavy atom. The van der Waals surface area contributed by atoms with E-state index < -0.39 is 0 Å². The molecule has 4 nitrogen and oxygen atoms in total. The first-order valence-corrected chi connectivity index (χ1v) is 4.47. The molecular weight excluding hydrogens is 172 g/mol. The van der Waals surface area contributed by atoms with Crippen LogP contribution in [0.4, 0.5) is 0 Å². The number of ether oxygens (including phenoxy) is 2. The summed E-state index contributed by atoms with van der Waals surface area (Å²) in [6, 6.07) is 0. The van der Waals surface area contributed by atoms with Crippen LogP contribution in [0.3, 0.4) is 0 Å². The molecule has 13 heavy (non-hydrogen) atoms. The maximum atomic E-state index is 8.86. The SMILES string of the molecule is CC(C)(C)OCC(CO)OCCO. The van der Waals surface area contributed by atoms with Gasteiger partial charge in [-0.3, -0.25) is 0 Å². The van der Waals surface area contributed by atoms with Crippen molar-refractivity contribution in [1.29, 1.82) is 0 Å². The van der Waals surface area contributed by atoms with Crippen molar-refractivity contribution in [3.8, 4) is 0 Å². The lowest BCUT2D eigenvalue weighted by Gasteiger charge is -2.23. The van der Waals surface area contributed by atoms with Crippen LogP contribution in [-0.4, -0.2) is 48.3 Å². The third-order valence-corrected chi connectivity index (χ3v) is 1.35. The van der Waals surface area contributed by atoms with E-state index in [1.54, 1.807) is 0 Å². The molecule has 0 aliphatic heterocycles. The van der Waals surface area contributed by atoms with Crippen LogP contribution in [0.1, 0.15) is 20.8 Å². The lowest BCUT2D eigenvalue weighted by atomic mass is 10.2. The molecule has 0 rings (SSSR count). The van der Waals surface area contributed by atoms with E-state index in [2.05, 4.69) is 0 Å². The van der Waals surface area contributed by atoms with Crippen molar-refractivity contribution in [3.63, 3.8) is 0 Å². The van der Waals surface area contributed by atoms with Crippen LogP contribution in [0, 0.1) is 0 Å². The highest BCUT2D eigenvalue weighted by Gasteiger charge is 2.14. The van der Waals surface area contributed by atoms with Crippen LogP contribution >= 0.6 is 0 Å². The van der Waals surface area contributed by atoms with Gasteiger partial charge in [0, 0.05) is 0 Å². The van der Waals surface area contributed by atoms with Crippen molar-refractivity contribution in [2.45, 2.75) is 32.5 Å². The average Bonchev–Trinajstić information content (AvgIpc) is 2.03. The van der Waals surface area contributed by atoms with Crippen molar-refractivity contribution < 1.29 is 19.7 Å². The standard InChI is InChI=1S/C9H20O4/c1-9(2,3)13-7-8(6-11)12-5-4-10/h8,10-11H,4-7H2,1-3H3. The lowest BCUT2D eigenvalue weighted by Crippen LogP contribution is -2.31. The van der Waals surface area contributed by atoms with E-state index in [0.717, 1.165) is 0 Å². The van der Waals surface area contributed by atoms with Gasteiger partial charge in [0.25, 0.3) is 0 Å². The van der Waals surface area contributed by atoms with Gasteiger partial charge in [0.2, 0.25) is 0 Å². The number of aliphatic hydroxyl groups excluding tert-OH is 2. The molecule has 80 valence electrons. The average molecular weight is 192 g/mol. The topological polar surface area (TPSA) is 58.9 Å². The first-order valence-electron chi connectivity index (χ1n) is 4.47. The smallest absolute Gasteiger partial charge is 0.104 e. The molecule has 0 aromatic rings. The summed E-state index contributed by atoms with van der Waals surface area (Å²) in [4.78, 5) is 0. The molecule has 0 spiro atoms. The molecule has 0 saturated carbocycles. The van der Waals surface area contributed by atoms with E-state index in [9.17, 15) is 0 Å². The Balaban J connectivity index is 3.59. The van der Waals surface area contributed by atoms with Gasteiger partial charge in [0.15, 0.2) is 0 Å². The van der Waals surface area contributed by atoms with E-state index in [0.29, 0.717) is 6.61 Å². The maximum Gasteiger partial charge on any atom is 0.104 e. The molecule has 0 fully saturated rings. The van der Waals surface area contributed by atoms with Gasteiger partial charge in [-0.05, 0) is 20.8 Å². The van der Waals surface area contributed by atoms with Crippen LogP contribution in [-0.2, 0) is 9.47 Å². The van der Waals surface area contributed by atoms with Gasteiger partial charge in [-0.25, -0.2) is 0 Å². The summed E-state index contributed by atoms with van der Waals surface area (Å²) in [6.45, 7) is 6.27. The molecule has 0 saturated heterocycles. The van der Waals surface area contributed by atoms with Crippen molar-refractivity contribution in [2.24, 2.45) is 0 Å². The molecule has 1 unspecified atom stereocenters. The highest BCUT2D eigenvalue weighted by Crippen LogP contribution is 2.07. The zero-order chi connectivity index (χ0) is 10.3. The van der Waals surface area contributed by atoms with Crippen LogP contribution in [0.15, 0.2) is 0 Å². The zero-order valence-electron chi connectivity index (χ0n) is 8.62. The largest absolute Gasteiger partial charge is 0.394 e. The predicted octanol–water partition coefficient (Wildman–Crippen LogP) is 0.171. The molecule has 0 radical (unpaired) electrons. The molecule has 0 aliphatic carbocycles. The van der Waals surface area contributed by atoms with Gasteiger partial charge in [-0.2, -0.15) is 0 Å². The van der Waals surface area contributed by atoms with Gasteiger partial charge in [0.1, 0.15) is 6.10 Å². The monoisotopic (exact) mass is 192 g/mol. The summed E-state index contributed by atoms with van der Waals surface area (Å²) >= 11 is 0. The third kappa shape index (κ3) is 8.18. The fourth-order valence-corrected chi connectivity index (χ4v) is 0.716. The predicted molar refractivity (Wildman–Crippen MR) is 49.6 cm³/mol. The number of hydrogen-bond donors (Lipinski definition) is 2. The molecule has 0 aromatic carbocycles. The molecule has 1 atom stereocenters. The first kappa shape index (κ1) is 12.8. The number of hydrogen-bond acceptors (Lipinski definition) is 4. The van der Waals surface area contributed by atoms with Crippen molar-refractivity contribution in [2.75, 3.05) is 26.4 Å². The number of aliphatic hydroxyl groups is 2. The Morgan fingerprint density at radius 2 is 1.85 bits per heavy atom. The second kappa shape index (κ2) is 6.32. The zero-order valence-corrected chi connectivity index (χ0v) is 8.62. The van der Waals surface area contributed by atoms with Crippen LogP contribution in [0.5, 0.6) is 0 Å². The van der Waals surface area contributed by atoms with Crippen molar-refractivity contribution >= 4 is 0 Å². The van der Waals surface area contributed by atoms with Crippen molar-refractivity contribution in [1.82, 2.24) is 0 Å². The van der Waals surface area contributed by atoms with Gasteiger partial charge in [0.05, 0.1) is 32.0 Å². The lowest BCUT2D eigenvalue weighted by molar-refractivity contribution is -0.0913. The molecule has 2 N–H and O–H groups in total. The van der Waals surface area contributed by atoms with Gasteiger partial charge < -0.3 is 19.7 Å². The second-order valence-corrected chi connectivity index (χ2v) is 3.82. The van der Waals surface area contributed by atoms with E-state index in [4.69, 9.17) is 19.7 Å². The Bertz CT molecular complexity index is 119. The summed E-state index contributed by atoms with van der Waals surface area (Å²) in [5.41, 5.74) is -0.226. The first-order chi connectivity index (χ1) is 5.99. The van der Waals surface area contributed by atoms with E-state index >= 15 is 0 Å². The summed E-state index contributed by atoms with van der Waals surface area (Å²) in [7, 11) is 0. The molecule has 0 amide bonds. The highest BCUT2D eigenvalue weighted by atomic mass is 16.6. The fourth-order valence-electron chi connectivity index (χ4n) is 0.716. The van der Waals surface area contributed by atoms with Gasteiger partial charge in [-0.15, -0.1) is 0 Å². The van der Waals surface area contributed by atoms with Crippen LogP contribution in [0.2, 0.25) is 0 Å². The molecule has 0 bridgehead atoms. The molecule has 0 aromatic heterocycles.